The van der Waals surface area contributed by atoms with Crippen molar-refractivity contribution in [3.05, 3.63) is 0 Å². The second-order valence-electron chi connectivity index (χ2n) is 4.43. The Morgan fingerprint density at radius 3 is 2.73 bits per heavy atom. The quantitative estimate of drug-likeness (QED) is 0.755. The van der Waals surface area contributed by atoms with Gasteiger partial charge in [-0.3, -0.25) is 4.79 Å². The predicted molar refractivity (Wildman–Crippen MR) is 62.1 cm³/mol. The molecule has 5 heteroatoms. The maximum Gasteiger partial charge on any atom is 0.227 e. The van der Waals surface area contributed by atoms with Crippen LogP contribution in [0.3, 0.4) is 0 Å². The van der Waals surface area contributed by atoms with Crippen LogP contribution in [0.4, 0.5) is 0 Å². The molecule has 0 aromatic rings. The Hall–Kier alpha value is -0.320. The van der Waals surface area contributed by atoms with Gasteiger partial charge in [0.25, 0.3) is 0 Å². The maximum absolute atomic E-state index is 11.6. The summed E-state index contributed by atoms with van der Waals surface area (Å²) in [7, 11) is 0. The van der Waals surface area contributed by atoms with Crippen molar-refractivity contribution >= 4 is 18.3 Å². The van der Waals surface area contributed by atoms with Crippen molar-refractivity contribution < 1.29 is 9.53 Å². The smallest absolute Gasteiger partial charge is 0.227 e. The van der Waals surface area contributed by atoms with Crippen LogP contribution in [0.5, 0.6) is 0 Å². The topological polar surface area (TPSA) is 64.4 Å². The van der Waals surface area contributed by atoms with Crippen molar-refractivity contribution in [2.24, 2.45) is 11.1 Å². The third-order valence-corrected chi connectivity index (χ3v) is 2.64. The first-order chi connectivity index (χ1) is 6.56. The lowest BCUT2D eigenvalue weighted by atomic mass is 9.92. The fraction of sp³-hybridized carbons (Fsp3) is 0.900. The molecule has 1 atom stereocenters. The van der Waals surface area contributed by atoms with Gasteiger partial charge >= 0.3 is 0 Å². The summed E-state index contributed by atoms with van der Waals surface area (Å²) in [5.41, 5.74) is 5.03. The Labute approximate surface area is 97.3 Å². The van der Waals surface area contributed by atoms with E-state index in [9.17, 15) is 4.79 Å². The third kappa shape index (κ3) is 4.36. The van der Waals surface area contributed by atoms with Gasteiger partial charge in [-0.2, -0.15) is 0 Å². The van der Waals surface area contributed by atoms with E-state index >= 15 is 0 Å². The predicted octanol–water partition coefficient (Wildman–Crippen LogP) is 0.688. The van der Waals surface area contributed by atoms with Crippen LogP contribution >= 0.6 is 12.4 Å². The molecule has 15 heavy (non-hydrogen) atoms. The van der Waals surface area contributed by atoms with Gasteiger partial charge in [0.1, 0.15) is 0 Å². The van der Waals surface area contributed by atoms with Crippen LogP contribution in [0.15, 0.2) is 0 Å². The number of ether oxygens (including phenoxy) is 1. The number of rotatable bonds is 4. The molecule has 0 aromatic carbocycles. The molecule has 1 rings (SSSR count). The first-order valence-corrected chi connectivity index (χ1v) is 5.16. The molecular formula is C10H21ClN2O2. The number of nitrogens with two attached hydrogens (primary N) is 1. The van der Waals surface area contributed by atoms with E-state index in [1.54, 1.807) is 0 Å². The first kappa shape index (κ1) is 14.7. The Morgan fingerprint density at radius 2 is 2.27 bits per heavy atom. The second-order valence-corrected chi connectivity index (χ2v) is 4.43. The fourth-order valence-electron chi connectivity index (χ4n) is 1.34. The Morgan fingerprint density at radius 1 is 1.60 bits per heavy atom. The Kier molecular flexibility index (Phi) is 6.17. The summed E-state index contributed by atoms with van der Waals surface area (Å²) in [6.45, 7) is 5.49. The molecule has 1 aliphatic heterocycles. The van der Waals surface area contributed by atoms with Gasteiger partial charge in [-0.1, -0.05) is 0 Å². The third-order valence-electron chi connectivity index (χ3n) is 2.64. The van der Waals surface area contributed by atoms with Crippen molar-refractivity contribution in [2.45, 2.75) is 32.8 Å². The van der Waals surface area contributed by atoms with Gasteiger partial charge in [-0.15, -0.1) is 12.4 Å². The molecule has 90 valence electrons. The summed E-state index contributed by atoms with van der Waals surface area (Å²) in [5.74, 6) is 0.00972. The first-order valence-electron chi connectivity index (χ1n) is 5.16. The van der Waals surface area contributed by atoms with E-state index in [4.69, 9.17) is 10.5 Å². The average molecular weight is 237 g/mol. The summed E-state index contributed by atoms with van der Waals surface area (Å²) in [6, 6.07) is 0. The van der Waals surface area contributed by atoms with Crippen LogP contribution in [-0.2, 0) is 9.53 Å². The van der Waals surface area contributed by atoms with Crippen molar-refractivity contribution in [3.8, 4) is 0 Å². The number of carbonyl (C=O) groups is 1. The van der Waals surface area contributed by atoms with Crippen LogP contribution < -0.4 is 11.1 Å². The lowest BCUT2D eigenvalue weighted by Gasteiger charge is -2.22. The van der Waals surface area contributed by atoms with Crippen molar-refractivity contribution in [3.63, 3.8) is 0 Å². The molecule has 3 N–H and O–H groups in total. The number of amides is 1. The maximum atomic E-state index is 11.6. The lowest BCUT2D eigenvalue weighted by molar-refractivity contribution is -0.129. The summed E-state index contributed by atoms with van der Waals surface area (Å²) < 4.78 is 5.40. The van der Waals surface area contributed by atoms with Gasteiger partial charge in [0.05, 0.1) is 11.5 Å². The molecule has 1 saturated heterocycles. The molecular weight excluding hydrogens is 216 g/mol. The van der Waals surface area contributed by atoms with Crippen LogP contribution in [0.25, 0.3) is 0 Å². The number of hydrogen-bond acceptors (Lipinski definition) is 3. The molecule has 0 saturated carbocycles. The SMILES string of the molecule is CC(C)(CN)C(=O)NCC1CCCO1.Cl. The van der Waals surface area contributed by atoms with Gasteiger partial charge in [0, 0.05) is 19.7 Å². The largest absolute Gasteiger partial charge is 0.376 e. The minimum atomic E-state index is -0.474. The van der Waals surface area contributed by atoms with Crippen LogP contribution in [0.2, 0.25) is 0 Å². The zero-order chi connectivity index (χ0) is 10.6. The monoisotopic (exact) mass is 236 g/mol. The van der Waals surface area contributed by atoms with Crippen molar-refractivity contribution in [1.29, 1.82) is 0 Å². The second kappa shape index (κ2) is 6.30. The molecule has 4 nitrogen and oxygen atoms in total. The molecule has 0 aromatic heterocycles. The highest BCUT2D eigenvalue weighted by Crippen LogP contribution is 2.14. The average Bonchev–Trinajstić information content (AvgIpc) is 2.66. The highest BCUT2D eigenvalue weighted by molar-refractivity contribution is 5.85. The van der Waals surface area contributed by atoms with E-state index in [0.717, 1.165) is 19.4 Å². The number of hydrogen-bond donors (Lipinski definition) is 2. The number of carbonyl (C=O) groups excluding carboxylic acids is 1. The van der Waals surface area contributed by atoms with Gasteiger partial charge in [0.2, 0.25) is 5.91 Å². The summed E-state index contributed by atoms with van der Waals surface area (Å²) in [4.78, 5) is 11.6. The van der Waals surface area contributed by atoms with Gasteiger partial charge in [-0.25, -0.2) is 0 Å². The highest BCUT2D eigenvalue weighted by Gasteiger charge is 2.26. The van der Waals surface area contributed by atoms with E-state index < -0.39 is 5.41 Å². The van der Waals surface area contributed by atoms with E-state index in [2.05, 4.69) is 5.32 Å². The molecule has 1 fully saturated rings. The standard InChI is InChI=1S/C10H20N2O2.ClH/c1-10(2,7-11)9(13)12-6-8-4-3-5-14-8;/h8H,3-7,11H2,1-2H3,(H,12,13);1H. The van der Waals surface area contributed by atoms with E-state index in [1.165, 1.54) is 0 Å². The summed E-state index contributed by atoms with van der Waals surface area (Å²) in [6.07, 6.45) is 2.34. The minimum Gasteiger partial charge on any atom is -0.376 e. The van der Waals surface area contributed by atoms with Crippen LogP contribution in [-0.4, -0.2) is 31.7 Å². The number of nitrogens with one attached hydrogen (secondary N) is 1. The molecule has 0 spiro atoms. The van der Waals surface area contributed by atoms with E-state index in [0.29, 0.717) is 13.1 Å². The summed E-state index contributed by atoms with van der Waals surface area (Å²) in [5, 5.41) is 2.87. The Balaban J connectivity index is 0.00000196. The molecule has 1 amide bonds. The fourth-order valence-corrected chi connectivity index (χ4v) is 1.34. The van der Waals surface area contributed by atoms with E-state index in [1.807, 2.05) is 13.8 Å². The zero-order valence-electron chi connectivity index (χ0n) is 9.41. The van der Waals surface area contributed by atoms with Gasteiger partial charge in [0.15, 0.2) is 0 Å². The van der Waals surface area contributed by atoms with E-state index in [-0.39, 0.29) is 24.4 Å². The molecule has 1 aliphatic rings. The molecule has 0 aliphatic carbocycles. The lowest BCUT2D eigenvalue weighted by Crippen LogP contribution is -2.44. The Bertz CT molecular complexity index is 204. The minimum absolute atomic E-state index is 0. The van der Waals surface area contributed by atoms with Crippen molar-refractivity contribution in [1.82, 2.24) is 5.32 Å². The normalized spacial score (nSPS) is 20.9. The molecule has 0 bridgehead atoms. The van der Waals surface area contributed by atoms with Crippen LogP contribution in [0, 0.1) is 5.41 Å². The zero-order valence-corrected chi connectivity index (χ0v) is 10.2. The molecule has 1 heterocycles. The molecule has 1 unspecified atom stereocenters. The molecule has 0 radical (unpaired) electrons. The van der Waals surface area contributed by atoms with Crippen LogP contribution in [0.1, 0.15) is 26.7 Å². The highest BCUT2D eigenvalue weighted by atomic mass is 35.5. The van der Waals surface area contributed by atoms with Gasteiger partial charge < -0.3 is 15.8 Å². The summed E-state index contributed by atoms with van der Waals surface area (Å²) >= 11 is 0. The van der Waals surface area contributed by atoms with Crippen molar-refractivity contribution in [2.75, 3.05) is 19.7 Å². The number of halogens is 1. The van der Waals surface area contributed by atoms with Gasteiger partial charge in [-0.05, 0) is 26.7 Å².